The van der Waals surface area contributed by atoms with E-state index in [4.69, 9.17) is 5.11 Å². The fourth-order valence-electron chi connectivity index (χ4n) is 2.79. The number of aliphatic hydroxyl groups is 1. The molecule has 1 fully saturated rings. The number of hydrogen-bond acceptors (Lipinski definition) is 4. The number of nitrogens with one attached hydrogen (secondary N) is 1. The number of β-amino-alcohol motifs (C(OH)–C–C–N with tert-alkyl or cyclic N) is 1. The van der Waals surface area contributed by atoms with Crippen molar-refractivity contribution in [3.05, 3.63) is 29.2 Å². The summed E-state index contributed by atoms with van der Waals surface area (Å²) in [5.41, 5.74) is 3.08. The number of amides is 1. The van der Waals surface area contributed by atoms with Crippen LogP contribution in [-0.2, 0) is 11.3 Å². The first kappa shape index (κ1) is 15.3. The smallest absolute Gasteiger partial charge is 0.352 e. The van der Waals surface area contributed by atoms with Gasteiger partial charge in [0, 0.05) is 30.0 Å². The van der Waals surface area contributed by atoms with Crippen LogP contribution in [0.15, 0.2) is 12.1 Å². The zero-order chi connectivity index (χ0) is 16.7. The number of H-pyrrole nitrogens is 1. The highest BCUT2D eigenvalue weighted by atomic mass is 16.4. The van der Waals surface area contributed by atoms with E-state index in [0.717, 1.165) is 17.0 Å². The Morgan fingerprint density at radius 3 is 2.61 bits per heavy atom. The van der Waals surface area contributed by atoms with Gasteiger partial charge in [0.25, 0.3) is 0 Å². The van der Waals surface area contributed by atoms with Gasteiger partial charge in [-0.3, -0.25) is 9.48 Å². The van der Waals surface area contributed by atoms with E-state index in [1.165, 1.54) is 6.07 Å². The van der Waals surface area contributed by atoms with Gasteiger partial charge in [0.2, 0.25) is 5.91 Å². The Hall–Kier alpha value is -2.61. The van der Waals surface area contributed by atoms with Crippen molar-refractivity contribution in [1.29, 1.82) is 0 Å². The molecule has 2 aromatic rings. The Morgan fingerprint density at radius 2 is 2.04 bits per heavy atom. The van der Waals surface area contributed by atoms with Crippen molar-refractivity contribution < 1.29 is 19.8 Å². The lowest BCUT2D eigenvalue weighted by atomic mass is 10.1. The van der Waals surface area contributed by atoms with Crippen LogP contribution in [0.1, 0.15) is 21.9 Å². The van der Waals surface area contributed by atoms with Crippen molar-refractivity contribution in [2.45, 2.75) is 26.5 Å². The van der Waals surface area contributed by atoms with Gasteiger partial charge < -0.3 is 20.1 Å². The molecule has 1 aliphatic heterocycles. The average Bonchev–Trinajstić information content (AvgIpc) is 3.01. The third-order valence-corrected chi connectivity index (χ3v) is 4.07. The van der Waals surface area contributed by atoms with Crippen molar-refractivity contribution in [3.63, 3.8) is 0 Å². The number of rotatable bonds is 4. The zero-order valence-corrected chi connectivity index (χ0v) is 12.9. The molecular formula is C15H18N4O4. The Kier molecular flexibility index (Phi) is 3.69. The SMILES string of the molecule is Cc1nn(CC(=O)N2CC(O)C2)c(C)c1-c1ccc(C(=O)O)[nH]1. The van der Waals surface area contributed by atoms with Gasteiger partial charge in [-0.1, -0.05) is 0 Å². The molecule has 23 heavy (non-hydrogen) atoms. The second-order valence-corrected chi connectivity index (χ2v) is 5.75. The maximum Gasteiger partial charge on any atom is 0.352 e. The minimum absolute atomic E-state index is 0.0924. The van der Waals surface area contributed by atoms with Crippen LogP contribution in [0.2, 0.25) is 0 Å². The molecule has 0 radical (unpaired) electrons. The van der Waals surface area contributed by atoms with E-state index in [2.05, 4.69) is 10.1 Å². The third kappa shape index (κ3) is 2.72. The molecule has 8 nitrogen and oxygen atoms in total. The van der Waals surface area contributed by atoms with Gasteiger partial charge in [-0.2, -0.15) is 5.10 Å². The lowest BCUT2D eigenvalue weighted by Crippen LogP contribution is -2.54. The monoisotopic (exact) mass is 318 g/mol. The van der Waals surface area contributed by atoms with Crippen molar-refractivity contribution in [2.24, 2.45) is 0 Å². The van der Waals surface area contributed by atoms with Crippen LogP contribution in [0.25, 0.3) is 11.3 Å². The maximum atomic E-state index is 12.1. The molecule has 3 heterocycles. The van der Waals surface area contributed by atoms with Gasteiger partial charge in [-0.05, 0) is 26.0 Å². The molecule has 2 aromatic heterocycles. The summed E-state index contributed by atoms with van der Waals surface area (Å²) in [6.45, 7) is 4.49. The quantitative estimate of drug-likeness (QED) is 0.755. The summed E-state index contributed by atoms with van der Waals surface area (Å²) in [5, 5.41) is 22.6. The van der Waals surface area contributed by atoms with Crippen molar-refractivity contribution in [3.8, 4) is 11.3 Å². The number of aromatic nitrogens is 3. The number of carbonyl (C=O) groups excluding carboxylic acids is 1. The van der Waals surface area contributed by atoms with E-state index >= 15 is 0 Å². The lowest BCUT2D eigenvalue weighted by molar-refractivity contribution is -0.142. The van der Waals surface area contributed by atoms with Crippen LogP contribution in [0, 0.1) is 13.8 Å². The van der Waals surface area contributed by atoms with E-state index in [0.29, 0.717) is 18.8 Å². The summed E-state index contributed by atoms with van der Waals surface area (Å²) in [5.74, 6) is -1.12. The average molecular weight is 318 g/mol. The number of aromatic carboxylic acids is 1. The van der Waals surface area contributed by atoms with E-state index in [1.807, 2.05) is 13.8 Å². The number of carboxylic acid groups (broad SMARTS) is 1. The first-order valence-electron chi connectivity index (χ1n) is 7.29. The molecule has 122 valence electrons. The molecule has 0 unspecified atom stereocenters. The second kappa shape index (κ2) is 5.54. The van der Waals surface area contributed by atoms with Crippen LogP contribution in [0.5, 0.6) is 0 Å². The molecule has 1 amide bonds. The summed E-state index contributed by atoms with van der Waals surface area (Å²) >= 11 is 0. The minimum atomic E-state index is -1.02. The Bertz CT molecular complexity index is 771. The van der Waals surface area contributed by atoms with Crippen LogP contribution in [0.3, 0.4) is 0 Å². The van der Waals surface area contributed by atoms with E-state index in [-0.39, 0.29) is 18.1 Å². The van der Waals surface area contributed by atoms with Gasteiger partial charge in [0.15, 0.2) is 0 Å². The van der Waals surface area contributed by atoms with Gasteiger partial charge in [0.05, 0.1) is 11.8 Å². The number of aryl methyl sites for hydroxylation is 1. The highest BCUT2D eigenvalue weighted by molar-refractivity contribution is 5.87. The molecule has 3 N–H and O–H groups in total. The van der Waals surface area contributed by atoms with Crippen molar-refractivity contribution >= 4 is 11.9 Å². The number of hydrogen-bond donors (Lipinski definition) is 3. The molecule has 0 atom stereocenters. The molecule has 0 saturated carbocycles. The Balaban J connectivity index is 1.84. The standard InChI is InChI=1S/C15H18N4O4/c1-8-14(11-3-4-12(16-11)15(22)23)9(2)19(17-8)7-13(21)18-5-10(20)6-18/h3-4,10,16,20H,5-7H2,1-2H3,(H,22,23). The van der Waals surface area contributed by atoms with E-state index in [9.17, 15) is 14.7 Å². The number of aliphatic hydroxyl groups excluding tert-OH is 1. The van der Waals surface area contributed by atoms with Gasteiger partial charge in [-0.25, -0.2) is 4.79 Å². The number of nitrogens with zero attached hydrogens (tertiary/aromatic N) is 3. The van der Waals surface area contributed by atoms with Crippen molar-refractivity contribution in [1.82, 2.24) is 19.7 Å². The van der Waals surface area contributed by atoms with Crippen molar-refractivity contribution in [2.75, 3.05) is 13.1 Å². The maximum absolute atomic E-state index is 12.1. The van der Waals surface area contributed by atoms with Gasteiger partial charge in [-0.15, -0.1) is 0 Å². The molecule has 1 saturated heterocycles. The molecule has 0 bridgehead atoms. The fraction of sp³-hybridized carbons (Fsp3) is 0.400. The second-order valence-electron chi connectivity index (χ2n) is 5.75. The summed E-state index contributed by atoms with van der Waals surface area (Å²) in [6.07, 6.45) is -0.427. The first-order valence-corrected chi connectivity index (χ1v) is 7.29. The van der Waals surface area contributed by atoms with Crippen LogP contribution in [0.4, 0.5) is 0 Å². The van der Waals surface area contributed by atoms with E-state index < -0.39 is 12.1 Å². The predicted molar refractivity (Wildman–Crippen MR) is 81.0 cm³/mol. The van der Waals surface area contributed by atoms with Gasteiger partial charge >= 0.3 is 5.97 Å². The third-order valence-electron chi connectivity index (χ3n) is 4.07. The summed E-state index contributed by atoms with van der Waals surface area (Å²) in [7, 11) is 0. The van der Waals surface area contributed by atoms with Gasteiger partial charge in [0.1, 0.15) is 12.2 Å². The molecule has 0 spiro atoms. The lowest BCUT2D eigenvalue weighted by Gasteiger charge is -2.35. The summed E-state index contributed by atoms with van der Waals surface area (Å²) in [6, 6.07) is 3.19. The highest BCUT2D eigenvalue weighted by Gasteiger charge is 2.29. The Morgan fingerprint density at radius 1 is 1.35 bits per heavy atom. The number of carboxylic acids is 1. The first-order chi connectivity index (χ1) is 10.9. The number of carbonyl (C=O) groups is 2. The minimum Gasteiger partial charge on any atom is -0.477 e. The molecule has 1 aliphatic rings. The van der Waals surface area contributed by atoms with Crippen LogP contribution < -0.4 is 0 Å². The normalized spacial score (nSPS) is 14.8. The molecule has 0 aromatic carbocycles. The molecular weight excluding hydrogens is 300 g/mol. The Labute approximate surface area is 132 Å². The molecule has 8 heteroatoms. The fourth-order valence-corrected chi connectivity index (χ4v) is 2.79. The number of aromatic amines is 1. The molecule has 3 rings (SSSR count). The largest absolute Gasteiger partial charge is 0.477 e. The van der Waals surface area contributed by atoms with E-state index in [1.54, 1.807) is 15.6 Å². The highest BCUT2D eigenvalue weighted by Crippen LogP contribution is 2.26. The summed E-state index contributed by atoms with van der Waals surface area (Å²) in [4.78, 5) is 27.5. The zero-order valence-electron chi connectivity index (χ0n) is 12.9. The predicted octanol–water partition coefficient (Wildman–Crippen LogP) is 0.396. The van der Waals surface area contributed by atoms with Crippen LogP contribution in [-0.4, -0.2) is 60.9 Å². The topological polar surface area (TPSA) is 111 Å². The van der Waals surface area contributed by atoms with Crippen LogP contribution >= 0.6 is 0 Å². The number of likely N-dealkylation sites (tertiary alicyclic amines) is 1. The summed E-state index contributed by atoms with van der Waals surface area (Å²) < 4.78 is 1.61. The molecule has 0 aliphatic carbocycles.